The third-order valence-corrected chi connectivity index (χ3v) is 4.92. The number of para-hydroxylation sites is 1. The summed E-state index contributed by atoms with van der Waals surface area (Å²) in [5, 5.41) is 12.2. The highest BCUT2D eigenvalue weighted by molar-refractivity contribution is 6.30. The minimum Gasteiger partial charge on any atom is -0.495 e. The summed E-state index contributed by atoms with van der Waals surface area (Å²) in [6.45, 7) is 3.13. The molecule has 0 atom stereocenters. The van der Waals surface area contributed by atoms with Gasteiger partial charge in [0.2, 0.25) is 0 Å². The highest BCUT2D eigenvalue weighted by atomic mass is 35.5. The predicted octanol–water partition coefficient (Wildman–Crippen LogP) is 4.42. The molecule has 31 heavy (non-hydrogen) atoms. The second kappa shape index (κ2) is 9.37. The lowest BCUT2D eigenvalue weighted by atomic mass is 10.2. The van der Waals surface area contributed by atoms with Crippen molar-refractivity contribution in [1.82, 2.24) is 4.57 Å². The second-order valence-corrected chi connectivity index (χ2v) is 7.15. The number of carbonyl (C=O) groups is 2. The molecule has 1 N–H and O–H groups in total. The molecule has 3 aromatic rings. The van der Waals surface area contributed by atoms with E-state index in [2.05, 4.69) is 5.32 Å². The Morgan fingerprint density at radius 3 is 2.61 bits per heavy atom. The monoisotopic (exact) mass is 437 g/mol. The van der Waals surface area contributed by atoms with E-state index in [-0.39, 0.29) is 0 Å². The summed E-state index contributed by atoms with van der Waals surface area (Å²) >= 11 is 6.15. The number of amides is 1. The Kier molecular flexibility index (Phi) is 6.63. The van der Waals surface area contributed by atoms with Gasteiger partial charge in [0, 0.05) is 16.4 Å². The Bertz CT molecular complexity index is 1190. The van der Waals surface area contributed by atoms with Crippen molar-refractivity contribution < 1.29 is 19.1 Å². The van der Waals surface area contributed by atoms with Crippen LogP contribution >= 0.6 is 11.6 Å². The first-order valence-corrected chi connectivity index (χ1v) is 9.72. The van der Waals surface area contributed by atoms with Gasteiger partial charge in [-0.1, -0.05) is 23.7 Å². The van der Waals surface area contributed by atoms with Crippen LogP contribution < -0.4 is 10.1 Å². The number of rotatable bonds is 6. The van der Waals surface area contributed by atoms with Crippen LogP contribution in [0.3, 0.4) is 0 Å². The van der Waals surface area contributed by atoms with E-state index in [0.29, 0.717) is 39.0 Å². The molecule has 0 unspecified atom stereocenters. The summed E-state index contributed by atoms with van der Waals surface area (Å²) in [7, 11) is 1.55. The molecule has 8 heteroatoms. The first kappa shape index (κ1) is 21.9. The number of aromatic nitrogens is 1. The maximum absolute atomic E-state index is 12.6. The zero-order valence-electron chi connectivity index (χ0n) is 17.2. The van der Waals surface area contributed by atoms with E-state index in [4.69, 9.17) is 26.3 Å². The molecule has 2 aromatic carbocycles. The number of hydrogen-bond acceptors (Lipinski definition) is 5. The van der Waals surface area contributed by atoms with Crippen molar-refractivity contribution in [2.75, 3.05) is 19.0 Å². The number of nitriles is 1. The summed E-state index contributed by atoms with van der Waals surface area (Å²) in [5.74, 6) is -0.577. The number of halogens is 1. The summed E-state index contributed by atoms with van der Waals surface area (Å²) in [5.41, 5.74) is 3.09. The van der Waals surface area contributed by atoms with Gasteiger partial charge in [-0.25, -0.2) is 4.79 Å². The molecule has 1 heterocycles. The first-order chi connectivity index (χ1) is 14.8. The molecule has 0 saturated heterocycles. The number of nitrogens with one attached hydrogen (secondary N) is 1. The van der Waals surface area contributed by atoms with E-state index in [1.165, 1.54) is 0 Å². The lowest BCUT2D eigenvalue weighted by molar-refractivity contribution is -0.119. The van der Waals surface area contributed by atoms with E-state index in [1.807, 2.05) is 17.6 Å². The van der Waals surface area contributed by atoms with Crippen LogP contribution in [-0.4, -0.2) is 30.2 Å². The smallest absolute Gasteiger partial charge is 0.340 e. The van der Waals surface area contributed by atoms with Crippen molar-refractivity contribution in [1.29, 1.82) is 5.26 Å². The highest BCUT2D eigenvalue weighted by Crippen LogP contribution is 2.30. The maximum Gasteiger partial charge on any atom is 0.340 e. The van der Waals surface area contributed by atoms with Crippen LogP contribution in [0.5, 0.6) is 5.75 Å². The molecule has 158 valence electrons. The van der Waals surface area contributed by atoms with Gasteiger partial charge in [-0.15, -0.1) is 0 Å². The van der Waals surface area contributed by atoms with Gasteiger partial charge in [-0.3, -0.25) is 4.79 Å². The van der Waals surface area contributed by atoms with E-state index >= 15 is 0 Å². The fraction of sp³-hybridized carbons (Fsp3) is 0.174. The fourth-order valence-electron chi connectivity index (χ4n) is 3.26. The maximum atomic E-state index is 12.6. The minimum absolute atomic E-state index is 0.321. The van der Waals surface area contributed by atoms with Gasteiger partial charge in [0.25, 0.3) is 5.91 Å². The molecule has 1 amide bonds. The highest BCUT2D eigenvalue weighted by Gasteiger charge is 2.21. The molecule has 0 spiro atoms. The van der Waals surface area contributed by atoms with Crippen LogP contribution in [0.1, 0.15) is 27.3 Å². The Hall–Kier alpha value is -3.76. The number of anilines is 1. The lowest BCUT2D eigenvalue weighted by Crippen LogP contribution is -2.21. The number of aryl methyl sites for hydroxylation is 1. The largest absolute Gasteiger partial charge is 0.495 e. The fourth-order valence-corrected chi connectivity index (χ4v) is 3.43. The third-order valence-electron chi connectivity index (χ3n) is 4.69. The zero-order chi connectivity index (χ0) is 22.5. The van der Waals surface area contributed by atoms with Crippen molar-refractivity contribution in [2.24, 2.45) is 0 Å². The van der Waals surface area contributed by atoms with Gasteiger partial charge >= 0.3 is 5.97 Å². The molecule has 0 fully saturated rings. The summed E-state index contributed by atoms with van der Waals surface area (Å²) < 4.78 is 12.5. The second-order valence-electron chi connectivity index (χ2n) is 6.72. The average Bonchev–Trinajstić information content (AvgIpc) is 3.06. The first-order valence-electron chi connectivity index (χ1n) is 9.34. The van der Waals surface area contributed by atoms with Crippen molar-refractivity contribution in [3.05, 3.63) is 76.1 Å². The lowest BCUT2D eigenvalue weighted by Gasteiger charge is -2.14. The molecule has 0 aliphatic carbocycles. The zero-order valence-corrected chi connectivity index (χ0v) is 18.0. The normalized spacial score (nSPS) is 10.3. The van der Waals surface area contributed by atoms with E-state index < -0.39 is 18.5 Å². The van der Waals surface area contributed by atoms with Crippen LogP contribution in [0.2, 0.25) is 5.02 Å². The molecule has 3 rings (SSSR count). The molecule has 0 radical (unpaired) electrons. The Morgan fingerprint density at radius 2 is 1.90 bits per heavy atom. The Balaban J connectivity index is 1.76. The molecule has 0 aliphatic heterocycles. The summed E-state index contributed by atoms with van der Waals surface area (Å²) in [6, 6.07) is 15.5. The van der Waals surface area contributed by atoms with E-state index in [9.17, 15) is 9.59 Å². The summed E-state index contributed by atoms with van der Waals surface area (Å²) in [6.07, 6.45) is 0. The van der Waals surface area contributed by atoms with Gasteiger partial charge in [-0.2, -0.15) is 5.26 Å². The SMILES string of the molecule is COc1ccc(Cl)cc1-n1c(C)cc(C(=O)OCC(=O)Nc2ccccc2C#N)c1C. The van der Waals surface area contributed by atoms with Crippen molar-refractivity contribution in [2.45, 2.75) is 13.8 Å². The third kappa shape index (κ3) is 4.71. The predicted molar refractivity (Wildman–Crippen MR) is 117 cm³/mol. The van der Waals surface area contributed by atoms with Crippen molar-refractivity contribution in [3.63, 3.8) is 0 Å². The topological polar surface area (TPSA) is 93.3 Å². The molecule has 0 saturated carbocycles. The number of methoxy groups -OCH3 is 1. The number of hydrogen-bond donors (Lipinski definition) is 1. The number of ether oxygens (including phenoxy) is 2. The quantitative estimate of drug-likeness (QED) is 0.576. The van der Waals surface area contributed by atoms with E-state index in [0.717, 1.165) is 5.69 Å². The average molecular weight is 438 g/mol. The molecular formula is C23H20ClN3O4. The van der Waals surface area contributed by atoms with Gasteiger partial charge < -0.3 is 19.4 Å². The van der Waals surface area contributed by atoms with E-state index in [1.54, 1.807) is 62.6 Å². The molecular weight excluding hydrogens is 418 g/mol. The Labute approximate surface area is 184 Å². The van der Waals surface area contributed by atoms with Crippen LogP contribution in [-0.2, 0) is 9.53 Å². The van der Waals surface area contributed by atoms with Crippen LogP contribution in [0.4, 0.5) is 5.69 Å². The molecule has 0 aliphatic rings. The minimum atomic E-state index is -0.635. The van der Waals surface area contributed by atoms with Crippen molar-refractivity contribution >= 4 is 29.2 Å². The molecule has 1 aromatic heterocycles. The number of carbonyl (C=O) groups excluding carboxylic acids is 2. The number of benzene rings is 2. The molecule has 0 bridgehead atoms. The van der Waals surface area contributed by atoms with Crippen LogP contribution in [0.25, 0.3) is 5.69 Å². The van der Waals surface area contributed by atoms with Gasteiger partial charge in [0.1, 0.15) is 11.8 Å². The summed E-state index contributed by atoms with van der Waals surface area (Å²) in [4.78, 5) is 24.8. The number of esters is 1. The van der Waals surface area contributed by atoms with Gasteiger partial charge in [0.05, 0.1) is 29.6 Å². The van der Waals surface area contributed by atoms with Gasteiger partial charge in [0.15, 0.2) is 6.61 Å². The van der Waals surface area contributed by atoms with Crippen LogP contribution in [0.15, 0.2) is 48.5 Å². The number of nitrogens with zero attached hydrogens (tertiary/aromatic N) is 2. The van der Waals surface area contributed by atoms with Gasteiger partial charge in [-0.05, 0) is 50.2 Å². The Morgan fingerprint density at radius 1 is 1.16 bits per heavy atom. The van der Waals surface area contributed by atoms with Crippen LogP contribution in [0, 0.1) is 25.2 Å². The van der Waals surface area contributed by atoms with Crippen molar-refractivity contribution in [3.8, 4) is 17.5 Å². The standard InChI is InChI=1S/C23H20ClN3O4/c1-14-10-18(15(2)27(14)20-11-17(24)8-9-21(20)30-3)23(29)31-13-22(28)26-19-7-5-4-6-16(19)12-25/h4-11H,13H2,1-3H3,(H,26,28). The molecule has 7 nitrogen and oxygen atoms in total.